The van der Waals surface area contributed by atoms with Gasteiger partial charge < -0.3 is 4.29 Å². The first-order valence-corrected chi connectivity index (χ1v) is 3.77. The third-order valence-electron chi connectivity index (χ3n) is 1.01. The largest absolute Gasteiger partial charge is 0.418 e. The molecule has 0 aliphatic rings. The van der Waals surface area contributed by atoms with Gasteiger partial charge in [-0.25, -0.2) is 4.89 Å². The Morgan fingerprint density at radius 3 is 2.50 bits per heavy atom. The average Bonchev–Trinajstić information content (AvgIpc) is 2.16. The van der Waals surface area contributed by atoms with E-state index in [0.717, 1.165) is 0 Å². The molecule has 0 fully saturated rings. The first kappa shape index (κ1) is 9.09. The monoisotopic (exact) mass is 204 g/mol. The maximum absolute atomic E-state index is 4.87. The smallest absolute Gasteiger partial charge is 0.335 e. The zero-order valence-electron chi connectivity index (χ0n) is 5.90. The summed E-state index contributed by atoms with van der Waals surface area (Å²) in [4.78, 5) is 9.16. The van der Waals surface area contributed by atoms with Gasteiger partial charge in [0.1, 0.15) is 11.9 Å². The third-order valence-corrected chi connectivity index (χ3v) is 1.40. The molecule has 0 N–H and O–H groups in total. The van der Waals surface area contributed by atoms with E-state index in [2.05, 4.69) is 21.4 Å². The van der Waals surface area contributed by atoms with E-state index in [1.807, 2.05) is 6.07 Å². The molecule has 1 aromatic rings. The van der Waals surface area contributed by atoms with Gasteiger partial charge in [-0.2, -0.15) is 0 Å². The molecule has 0 saturated heterocycles. The fourth-order valence-electron chi connectivity index (χ4n) is 0.571. The molecule has 0 heterocycles. The highest BCUT2D eigenvalue weighted by Gasteiger charge is 1.98. The van der Waals surface area contributed by atoms with Gasteiger partial charge in [0.15, 0.2) is 5.75 Å². The van der Waals surface area contributed by atoms with Crippen LogP contribution in [-0.2, 0) is 9.18 Å². The van der Waals surface area contributed by atoms with E-state index in [0.29, 0.717) is 5.75 Å². The summed E-state index contributed by atoms with van der Waals surface area (Å²) in [5.74, 6) is 0.522. The molecule has 12 heavy (non-hydrogen) atoms. The van der Waals surface area contributed by atoms with Crippen molar-refractivity contribution in [1.82, 2.24) is 0 Å². The molecule has 0 saturated carbocycles. The lowest BCUT2D eigenvalue weighted by atomic mass is 10.3. The van der Waals surface area contributed by atoms with E-state index < -0.39 is 0 Å². The summed E-state index contributed by atoms with van der Waals surface area (Å²) in [6.07, 6.45) is 0. The molecule has 0 unspecified atom stereocenters. The molecule has 0 aromatic heterocycles. The quantitative estimate of drug-likeness (QED) is 0.420. The Hall–Kier alpha value is -1.00. The van der Waals surface area contributed by atoms with Crippen molar-refractivity contribution >= 4 is 29.3 Å². The minimum atomic E-state index is -0.277. The fraction of sp³-hybridized carbons (Fsp3) is 0. The zero-order chi connectivity index (χ0) is 8.81. The van der Waals surface area contributed by atoms with Crippen molar-refractivity contribution in [2.24, 2.45) is 0 Å². The van der Waals surface area contributed by atoms with Crippen LogP contribution in [0.15, 0.2) is 30.3 Å². The normalized spacial score (nSPS) is 8.75. The van der Waals surface area contributed by atoms with E-state index >= 15 is 0 Å². The molecule has 5 heteroatoms. The Labute approximate surface area is 79.9 Å². The lowest BCUT2D eigenvalue weighted by Gasteiger charge is -2.01. The predicted molar refractivity (Wildman–Crippen MR) is 47.7 cm³/mol. The number of rotatable bonds is 2. The van der Waals surface area contributed by atoms with Crippen LogP contribution in [-0.4, -0.2) is 5.24 Å². The minimum absolute atomic E-state index is 0.277. The second-order valence-electron chi connectivity index (χ2n) is 1.81. The van der Waals surface area contributed by atoms with Crippen LogP contribution in [0.3, 0.4) is 0 Å². The van der Waals surface area contributed by atoms with Crippen molar-refractivity contribution in [2.75, 3.05) is 0 Å². The zero-order valence-corrected chi connectivity index (χ0v) is 7.47. The van der Waals surface area contributed by atoms with E-state index in [1.165, 1.54) is 0 Å². The molecule has 0 aliphatic carbocycles. The molecule has 1 aromatic carbocycles. The molecule has 1 rings (SSSR count). The Kier molecular flexibility index (Phi) is 3.63. The highest BCUT2D eigenvalue weighted by Crippen LogP contribution is 2.08. The average molecular weight is 205 g/mol. The molecule has 0 spiro atoms. The Bertz CT molecular complexity index is 252. The first-order valence-electron chi connectivity index (χ1n) is 3.05. The van der Waals surface area contributed by atoms with Crippen LogP contribution in [0.4, 0.5) is 0 Å². The second-order valence-corrected chi connectivity index (χ2v) is 2.29. The second kappa shape index (κ2) is 4.79. The highest BCUT2D eigenvalue weighted by atomic mass is 35.5. The lowest BCUT2D eigenvalue weighted by Crippen LogP contribution is -2.04. The van der Waals surface area contributed by atoms with Crippen molar-refractivity contribution < 1.29 is 14.1 Å². The molecule has 0 aliphatic heterocycles. The van der Waals surface area contributed by atoms with Crippen LogP contribution in [0, 0.1) is 0 Å². The van der Waals surface area contributed by atoms with Gasteiger partial charge in [-0.05, 0) is 12.1 Å². The summed E-state index contributed by atoms with van der Waals surface area (Å²) >= 11 is 9.33. The number of benzene rings is 1. The van der Waals surface area contributed by atoms with Crippen LogP contribution in [0.5, 0.6) is 5.75 Å². The van der Waals surface area contributed by atoms with E-state index in [4.69, 9.17) is 16.8 Å². The Morgan fingerprint density at radius 1 is 1.25 bits per heavy atom. The summed E-state index contributed by atoms with van der Waals surface area (Å²) in [5.41, 5.74) is 0. The summed E-state index contributed by atoms with van der Waals surface area (Å²) in [6.45, 7) is 0. The molecule has 64 valence electrons. The van der Waals surface area contributed by atoms with Crippen molar-refractivity contribution in [1.29, 1.82) is 0 Å². The van der Waals surface area contributed by atoms with Gasteiger partial charge in [0, 0.05) is 12.2 Å². The van der Waals surface area contributed by atoms with Crippen molar-refractivity contribution in [3.05, 3.63) is 30.3 Å². The van der Waals surface area contributed by atoms with Crippen LogP contribution in [0.1, 0.15) is 0 Å². The van der Waals surface area contributed by atoms with Gasteiger partial charge in [0.2, 0.25) is 0 Å². The Balaban J connectivity index is 2.38. The lowest BCUT2D eigenvalue weighted by molar-refractivity contribution is -0.128. The summed E-state index contributed by atoms with van der Waals surface area (Å²) in [6, 6.07) is 8.85. The van der Waals surface area contributed by atoms with Gasteiger partial charge in [-0.15, -0.1) is 0 Å². The molecule has 0 bridgehead atoms. The topological polar surface area (TPSA) is 27.7 Å². The van der Waals surface area contributed by atoms with Gasteiger partial charge in [-0.3, -0.25) is 4.89 Å². The van der Waals surface area contributed by atoms with Crippen LogP contribution < -0.4 is 4.89 Å². The molecule has 0 amide bonds. The summed E-state index contributed by atoms with van der Waals surface area (Å²) in [5, 5.41) is -0.277. The van der Waals surface area contributed by atoms with Crippen LogP contribution in [0.2, 0.25) is 0 Å². The number of hydrogen-bond donors (Lipinski definition) is 0. The van der Waals surface area contributed by atoms with Crippen molar-refractivity contribution in [3.8, 4) is 5.75 Å². The first-order chi connectivity index (χ1) is 5.83. The maximum atomic E-state index is 4.87. The molecular formula is C7H5ClO3S. The van der Waals surface area contributed by atoms with Crippen LogP contribution in [0.25, 0.3) is 0 Å². The SMILES string of the molecule is S=C(OCl)OOc1ccccc1. The minimum Gasteiger partial charge on any atom is -0.335 e. The van der Waals surface area contributed by atoms with Crippen LogP contribution >= 0.6 is 24.1 Å². The van der Waals surface area contributed by atoms with E-state index in [1.54, 1.807) is 24.3 Å². The van der Waals surface area contributed by atoms with Crippen molar-refractivity contribution in [2.45, 2.75) is 0 Å². The third kappa shape index (κ3) is 2.94. The van der Waals surface area contributed by atoms with Gasteiger partial charge in [0.05, 0.1) is 0 Å². The number of para-hydroxylation sites is 1. The van der Waals surface area contributed by atoms with Crippen molar-refractivity contribution in [3.63, 3.8) is 0 Å². The summed E-state index contributed by atoms with van der Waals surface area (Å²) < 4.78 is 4.03. The number of thiocarbonyl (C=S) groups is 1. The van der Waals surface area contributed by atoms with Gasteiger partial charge >= 0.3 is 5.24 Å². The standard InChI is InChI=1S/C7H5ClO3S/c8-9-7(12)11-10-6-4-2-1-3-5-6/h1-5H. The molecule has 0 atom stereocenters. The predicted octanol–water partition coefficient (Wildman–Crippen LogP) is 2.45. The number of hydrogen-bond acceptors (Lipinski definition) is 4. The van der Waals surface area contributed by atoms with E-state index in [-0.39, 0.29) is 5.24 Å². The maximum Gasteiger partial charge on any atom is 0.418 e. The fourth-order valence-corrected chi connectivity index (χ4v) is 0.631. The Morgan fingerprint density at radius 2 is 1.92 bits per heavy atom. The molecular weight excluding hydrogens is 200 g/mol. The highest BCUT2D eigenvalue weighted by molar-refractivity contribution is 7.79. The van der Waals surface area contributed by atoms with E-state index in [9.17, 15) is 0 Å². The number of halogens is 1. The molecule has 0 radical (unpaired) electrons. The van der Waals surface area contributed by atoms with Gasteiger partial charge in [-0.1, -0.05) is 18.2 Å². The molecule has 3 nitrogen and oxygen atoms in total. The van der Waals surface area contributed by atoms with Gasteiger partial charge in [0.25, 0.3) is 0 Å². The summed E-state index contributed by atoms with van der Waals surface area (Å²) in [7, 11) is 0.